The van der Waals surface area contributed by atoms with E-state index in [1.54, 1.807) is 14.2 Å². The number of benzene rings is 2. The van der Waals surface area contributed by atoms with E-state index in [0.717, 1.165) is 38.4 Å². The number of urea groups is 1. The van der Waals surface area contributed by atoms with E-state index in [4.69, 9.17) is 9.47 Å². The predicted octanol–water partition coefficient (Wildman–Crippen LogP) is 5.66. The van der Waals surface area contributed by atoms with Crippen molar-refractivity contribution in [2.45, 2.75) is 36.9 Å². The molecule has 10 heteroatoms. The molecular formula is C25H29BrF3N3O3. The van der Waals surface area contributed by atoms with E-state index in [-0.39, 0.29) is 23.1 Å². The highest BCUT2D eigenvalue weighted by atomic mass is 79.9. The molecule has 1 heterocycles. The lowest BCUT2D eigenvalue weighted by molar-refractivity contribution is -0.136. The Morgan fingerprint density at radius 2 is 1.89 bits per heavy atom. The zero-order chi connectivity index (χ0) is 25.4. The molecule has 2 N–H and O–H groups in total. The number of ether oxygens (including phenoxy) is 2. The number of hydrogen-bond donors (Lipinski definition) is 2. The Labute approximate surface area is 211 Å². The van der Waals surface area contributed by atoms with Gasteiger partial charge in [-0.25, -0.2) is 4.79 Å². The maximum Gasteiger partial charge on any atom is 0.418 e. The van der Waals surface area contributed by atoms with Crippen LogP contribution in [0.1, 0.15) is 30.4 Å². The van der Waals surface area contributed by atoms with Gasteiger partial charge in [0.05, 0.1) is 25.5 Å². The van der Waals surface area contributed by atoms with E-state index in [9.17, 15) is 18.0 Å². The number of carbonyl (C=O) groups is 1. The molecule has 190 valence electrons. The molecule has 3 atom stereocenters. The number of fused-ring (bicyclic) bond motifs is 1. The van der Waals surface area contributed by atoms with E-state index in [2.05, 4.69) is 44.6 Å². The molecule has 0 aromatic heterocycles. The highest BCUT2D eigenvalue weighted by molar-refractivity contribution is 9.10. The van der Waals surface area contributed by atoms with Crippen LogP contribution in [0.4, 0.5) is 23.7 Å². The molecule has 0 bridgehead atoms. The number of hydrogen-bond acceptors (Lipinski definition) is 4. The van der Waals surface area contributed by atoms with E-state index in [1.165, 1.54) is 17.7 Å². The minimum atomic E-state index is -4.58. The predicted molar refractivity (Wildman–Crippen MR) is 131 cm³/mol. The molecule has 0 spiro atoms. The molecule has 6 nitrogen and oxygen atoms in total. The Balaban J connectivity index is 1.48. The summed E-state index contributed by atoms with van der Waals surface area (Å²) in [5.74, 6) is 1.64. The summed E-state index contributed by atoms with van der Waals surface area (Å²) in [7, 11) is 5.31. The van der Waals surface area contributed by atoms with E-state index >= 15 is 0 Å². The van der Waals surface area contributed by atoms with Crippen molar-refractivity contribution in [2.24, 2.45) is 5.92 Å². The molecule has 2 fully saturated rings. The van der Waals surface area contributed by atoms with Crippen molar-refractivity contribution in [2.75, 3.05) is 39.7 Å². The first kappa shape index (κ1) is 25.6. The molecular weight excluding hydrogens is 527 g/mol. The van der Waals surface area contributed by atoms with Crippen LogP contribution in [0.5, 0.6) is 11.5 Å². The van der Waals surface area contributed by atoms with Crippen molar-refractivity contribution in [3.63, 3.8) is 0 Å². The SMILES string of the molecule is COc1ccc([C@@]23CC[C@@H](NC(=O)Nc4ccc(Br)cc4C(F)(F)F)C[C@@H]2CN(C)C3)cc1OC. The second-order valence-corrected chi connectivity index (χ2v) is 10.3. The Morgan fingerprint density at radius 3 is 2.57 bits per heavy atom. The zero-order valence-corrected chi connectivity index (χ0v) is 21.4. The van der Waals surface area contributed by atoms with Gasteiger partial charge in [-0.15, -0.1) is 0 Å². The highest BCUT2D eigenvalue weighted by Gasteiger charge is 2.50. The number of methoxy groups -OCH3 is 2. The molecule has 1 aliphatic carbocycles. The number of likely N-dealkylation sites (N-methyl/N-ethyl adjacent to an activating group) is 1. The average Bonchev–Trinajstić information content (AvgIpc) is 3.15. The summed E-state index contributed by atoms with van der Waals surface area (Å²) in [6.07, 6.45) is -2.28. The smallest absolute Gasteiger partial charge is 0.418 e. The molecule has 2 amide bonds. The zero-order valence-electron chi connectivity index (χ0n) is 19.8. The van der Waals surface area contributed by atoms with Crippen molar-refractivity contribution in [3.05, 3.63) is 52.0 Å². The molecule has 1 saturated heterocycles. The molecule has 0 radical (unpaired) electrons. The monoisotopic (exact) mass is 555 g/mol. The van der Waals surface area contributed by atoms with Crippen molar-refractivity contribution < 1.29 is 27.4 Å². The maximum absolute atomic E-state index is 13.4. The summed E-state index contributed by atoms with van der Waals surface area (Å²) in [6.45, 7) is 1.76. The van der Waals surface area contributed by atoms with Crippen LogP contribution in [0, 0.1) is 5.92 Å². The van der Waals surface area contributed by atoms with Crippen LogP contribution in [0.25, 0.3) is 0 Å². The molecule has 2 aliphatic rings. The Bertz CT molecular complexity index is 1100. The number of likely N-dealkylation sites (tertiary alicyclic amines) is 1. The lowest BCUT2D eigenvalue weighted by atomic mass is 9.63. The van der Waals surface area contributed by atoms with Gasteiger partial charge in [0, 0.05) is 29.0 Å². The average molecular weight is 556 g/mol. The highest BCUT2D eigenvalue weighted by Crippen LogP contribution is 2.49. The summed E-state index contributed by atoms with van der Waals surface area (Å²) < 4.78 is 51.4. The fourth-order valence-corrected chi connectivity index (χ4v) is 6.02. The second kappa shape index (κ2) is 9.89. The number of carbonyl (C=O) groups excluding carboxylic acids is 1. The van der Waals surface area contributed by atoms with Crippen molar-refractivity contribution in [1.82, 2.24) is 10.2 Å². The van der Waals surface area contributed by atoms with Crippen LogP contribution in [-0.4, -0.2) is 51.3 Å². The number of nitrogens with zero attached hydrogens (tertiary/aromatic N) is 1. The van der Waals surface area contributed by atoms with Gasteiger partial charge in [0.15, 0.2) is 11.5 Å². The fraction of sp³-hybridized carbons (Fsp3) is 0.480. The third-order valence-corrected chi connectivity index (χ3v) is 7.70. The van der Waals surface area contributed by atoms with Gasteiger partial charge in [-0.3, -0.25) is 0 Å². The first-order valence-corrected chi connectivity index (χ1v) is 12.2. The van der Waals surface area contributed by atoms with Gasteiger partial charge >= 0.3 is 12.2 Å². The first-order valence-electron chi connectivity index (χ1n) is 11.4. The number of rotatable bonds is 5. The Morgan fingerprint density at radius 1 is 1.14 bits per heavy atom. The standard InChI is InChI=1S/C25H29BrF3N3O3/c1-32-13-16-10-18(30-23(33)31-20-6-5-17(26)12-19(20)25(27,28)29)8-9-24(16,14-32)15-4-7-21(34-2)22(11-15)35-3/h4-7,11-12,16,18H,8-10,13-14H2,1-3H3,(H2,30,31,33)/t16-,18-,24+/m1/s1. The fourth-order valence-electron chi connectivity index (χ4n) is 5.65. The van der Waals surface area contributed by atoms with Gasteiger partial charge < -0.3 is 25.0 Å². The minimum Gasteiger partial charge on any atom is -0.493 e. The maximum atomic E-state index is 13.4. The normalized spacial score (nSPS) is 24.5. The topological polar surface area (TPSA) is 62.8 Å². The van der Waals surface area contributed by atoms with Crippen LogP contribution < -0.4 is 20.1 Å². The second-order valence-electron chi connectivity index (χ2n) is 9.38. The number of nitrogens with one attached hydrogen (secondary N) is 2. The van der Waals surface area contributed by atoms with Gasteiger partial charge in [0.1, 0.15) is 0 Å². The number of alkyl halides is 3. The van der Waals surface area contributed by atoms with Crippen molar-refractivity contribution >= 4 is 27.6 Å². The number of halogens is 4. The van der Waals surface area contributed by atoms with Gasteiger partial charge in [0.25, 0.3) is 0 Å². The van der Waals surface area contributed by atoms with Crippen LogP contribution in [0.3, 0.4) is 0 Å². The summed E-state index contributed by atoms with van der Waals surface area (Å²) in [4.78, 5) is 15.0. The summed E-state index contributed by atoms with van der Waals surface area (Å²) >= 11 is 3.06. The van der Waals surface area contributed by atoms with E-state index < -0.39 is 17.8 Å². The first-order chi connectivity index (χ1) is 16.6. The summed E-state index contributed by atoms with van der Waals surface area (Å²) in [6, 6.07) is 8.96. The van der Waals surface area contributed by atoms with Gasteiger partial charge in [-0.1, -0.05) is 22.0 Å². The Kier molecular flexibility index (Phi) is 7.24. The molecule has 4 rings (SSSR count). The Hall–Kier alpha value is -2.46. The van der Waals surface area contributed by atoms with Crippen LogP contribution >= 0.6 is 15.9 Å². The number of anilines is 1. The van der Waals surface area contributed by atoms with Gasteiger partial charge in [-0.2, -0.15) is 13.2 Å². The van der Waals surface area contributed by atoms with Crippen LogP contribution in [0.15, 0.2) is 40.9 Å². The number of amides is 2. The van der Waals surface area contributed by atoms with Crippen LogP contribution in [-0.2, 0) is 11.6 Å². The quantitative estimate of drug-likeness (QED) is 0.499. The van der Waals surface area contributed by atoms with E-state index in [1.807, 2.05) is 12.1 Å². The molecule has 1 aliphatic heterocycles. The lowest BCUT2D eigenvalue weighted by Gasteiger charge is -2.42. The third kappa shape index (κ3) is 5.23. The molecule has 35 heavy (non-hydrogen) atoms. The molecule has 0 unspecified atom stereocenters. The minimum absolute atomic E-state index is 0.0852. The summed E-state index contributed by atoms with van der Waals surface area (Å²) in [5, 5.41) is 5.30. The molecule has 1 saturated carbocycles. The third-order valence-electron chi connectivity index (χ3n) is 7.20. The van der Waals surface area contributed by atoms with Crippen molar-refractivity contribution in [3.8, 4) is 11.5 Å². The van der Waals surface area contributed by atoms with Gasteiger partial charge in [0.2, 0.25) is 0 Å². The summed E-state index contributed by atoms with van der Waals surface area (Å²) in [5.41, 5.74) is -0.0695. The largest absolute Gasteiger partial charge is 0.493 e. The molecule has 2 aromatic rings. The van der Waals surface area contributed by atoms with Crippen LogP contribution in [0.2, 0.25) is 0 Å². The molecule has 2 aromatic carbocycles. The van der Waals surface area contributed by atoms with E-state index in [0.29, 0.717) is 16.0 Å². The lowest BCUT2D eigenvalue weighted by Crippen LogP contribution is -2.48. The van der Waals surface area contributed by atoms with Crippen molar-refractivity contribution in [1.29, 1.82) is 0 Å². The van der Waals surface area contributed by atoms with Gasteiger partial charge in [-0.05, 0) is 68.1 Å².